The van der Waals surface area contributed by atoms with Crippen molar-refractivity contribution in [2.75, 3.05) is 23.7 Å². The minimum absolute atomic E-state index is 0.203. The first-order chi connectivity index (χ1) is 10.0. The molecular weight excluding hydrogens is 288 g/mol. The molecular formula is C16H23ClN2O2. The lowest BCUT2D eigenvalue weighted by Gasteiger charge is -2.26. The van der Waals surface area contributed by atoms with E-state index in [9.17, 15) is 9.90 Å². The molecule has 21 heavy (non-hydrogen) atoms. The molecule has 1 aliphatic heterocycles. The molecule has 0 amide bonds. The number of anilines is 2. The molecule has 0 bridgehead atoms. The van der Waals surface area contributed by atoms with Gasteiger partial charge in [-0.05, 0) is 37.3 Å². The quantitative estimate of drug-likeness (QED) is 0.824. The summed E-state index contributed by atoms with van der Waals surface area (Å²) in [6.45, 7) is 3.92. The largest absolute Gasteiger partial charge is 0.478 e. The molecule has 0 saturated carbocycles. The van der Waals surface area contributed by atoms with Gasteiger partial charge < -0.3 is 15.7 Å². The summed E-state index contributed by atoms with van der Waals surface area (Å²) in [5.74, 6) is -0.241. The summed E-state index contributed by atoms with van der Waals surface area (Å²) in [7, 11) is 0. The Balaban J connectivity index is 2.27. The summed E-state index contributed by atoms with van der Waals surface area (Å²) >= 11 is 6.28. The van der Waals surface area contributed by atoms with Gasteiger partial charge in [0.25, 0.3) is 0 Å². The molecule has 1 aromatic carbocycles. The lowest BCUT2D eigenvalue weighted by Crippen LogP contribution is -2.26. The molecule has 2 rings (SSSR count). The first-order valence-electron chi connectivity index (χ1n) is 7.60. The molecule has 1 saturated heterocycles. The fraction of sp³-hybridized carbons (Fsp3) is 0.562. The lowest BCUT2D eigenvalue weighted by atomic mass is 9.96. The number of halogens is 1. The van der Waals surface area contributed by atoms with Crippen LogP contribution in [0.3, 0.4) is 0 Å². The van der Waals surface area contributed by atoms with E-state index in [0.717, 1.165) is 31.8 Å². The van der Waals surface area contributed by atoms with Crippen LogP contribution in [0.25, 0.3) is 0 Å². The maximum Gasteiger partial charge on any atom is 0.337 e. The fourth-order valence-electron chi connectivity index (χ4n) is 3.19. The molecule has 0 radical (unpaired) electrons. The van der Waals surface area contributed by atoms with Crippen molar-refractivity contribution in [2.45, 2.75) is 39.0 Å². The molecule has 0 aliphatic carbocycles. The summed E-state index contributed by atoms with van der Waals surface area (Å²) in [6.07, 6.45) is 5.82. The summed E-state index contributed by atoms with van der Waals surface area (Å²) in [5, 5.41) is 9.84. The predicted octanol–water partition coefficient (Wildman–Crippen LogP) is 4.03. The number of aromatic carboxylic acids is 1. The van der Waals surface area contributed by atoms with Crippen LogP contribution in [0.2, 0.25) is 5.02 Å². The third-order valence-corrected chi connectivity index (χ3v) is 4.47. The maximum atomic E-state index is 11.5. The van der Waals surface area contributed by atoms with Crippen molar-refractivity contribution in [2.24, 2.45) is 5.92 Å². The Bertz CT molecular complexity index is 519. The van der Waals surface area contributed by atoms with Crippen LogP contribution in [-0.4, -0.2) is 24.2 Å². The molecule has 1 fully saturated rings. The number of carboxylic acid groups (broad SMARTS) is 1. The summed E-state index contributed by atoms with van der Waals surface area (Å²) < 4.78 is 0. The Morgan fingerprint density at radius 1 is 1.43 bits per heavy atom. The van der Waals surface area contributed by atoms with Crippen molar-refractivity contribution >= 4 is 28.9 Å². The topological polar surface area (TPSA) is 66.6 Å². The van der Waals surface area contributed by atoms with Gasteiger partial charge in [0, 0.05) is 18.8 Å². The average molecular weight is 311 g/mol. The number of carbonyl (C=O) groups is 1. The van der Waals surface area contributed by atoms with E-state index in [-0.39, 0.29) is 5.56 Å². The van der Waals surface area contributed by atoms with Crippen molar-refractivity contribution in [1.82, 2.24) is 0 Å². The molecule has 0 aromatic heterocycles. The number of hydrogen-bond donors (Lipinski definition) is 2. The van der Waals surface area contributed by atoms with Crippen LogP contribution in [0, 0.1) is 5.92 Å². The molecule has 0 spiro atoms. The Hall–Kier alpha value is -1.42. The predicted molar refractivity (Wildman–Crippen MR) is 87.3 cm³/mol. The first kappa shape index (κ1) is 16.0. The van der Waals surface area contributed by atoms with Gasteiger partial charge in [0.05, 0.1) is 16.3 Å². The monoisotopic (exact) mass is 310 g/mol. The number of nitrogens with two attached hydrogens (primary N) is 1. The van der Waals surface area contributed by atoms with Gasteiger partial charge in [-0.2, -0.15) is 0 Å². The molecule has 5 heteroatoms. The highest BCUT2D eigenvalue weighted by atomic mass is 35.5. The summed E-state index contributed by atoms with van der Waals surface area (Å²) in [4.78, 5) is 13.6. The highest BCUT2D eigenvalue weighted by molar-refractivity contribution is 6.34. The van der Waals surface area contributed by atoms with E-state index in [1.165, 1.54) is 25.3 Å². The van der Waals surface area contributed by atoms with Crippen molar-refractivity contribution in [1.29, 1.82) is 0 Å². The third kappa shape index (κ3) is 3.82. The van der Waals surface area contributed by atoms with Crippen LogP contribution >= 0.6 is 11.6 Å². The SMILES string of the molecule is CCCC1CCCN(c2c(Cl)cc(N)cc2C(=O)O)CC1. The van der Waals surface area contributed by atoms with Crippen molar-refractivity contribution in [3.05, 3.63) is 22.7 Å². The van der Waals surface area contributed by atoms with E-state index >= 15 is 0 Å². The number of rotatable bonds is 4. The zero-order chi connectivity index (χ0) is 15.4. The minimum Gasteiger partial charge on any atom is -0.478 e. The zero-order valence-electron chi connectivity index (χ0n) is 12.4. The van der Waals surface area contributed by atoms with Crippen molar-refractivity contribution in [3.8, 4) is 0 Å². The van der Waals surface area contributed by atoms with E-state index in [0.29, 0.717) is 16.4 Å². The van der Waals surface area contributed by atoms with Gasteiger partial charge in [0.1, 0.15) is 0 Å². The number of hydrogen-bond acceptors (Lipinski definition) is 3. The number of nitrogen functional groups attached to an aromatic ring is 1. The normalized spacial score (nSPS) is 19.3. The zero-order valence-corrected chi connectivity index (χ0v) is 13.2. The minimum atomic E-state index is -0.978. The lowest BCUT2D eigenvalue weighted by molar-refractivity contribution is 0.0697. The van der Waals surface area contributed by atoms with Gasteiger partial charge in [-0.3, -0.25) is 0 Å². The van der Waals surface area contributed by atoms with E-state index < -0.39 is 5.97 Å². The fourth-order valence-corrected chi connectivity index (χ4v) is 3.54. The van der Waals surface area contributed by atoms with Crippen LogP contribution in [0.15, 0.2) is 12.1 Å². The molecule has 1 aliphatic rings. The molecule has 1 unspecified atom stereocenters. The molecule has 4 nitrogen and oxygen atoms in total. The van der Waals surface area contributed by atoms with Gasteiger partial charge in [-0.1, -0.05) is 31.4 Å². The molecule has 116 valence electrons. The maximum absolute atomic E-state index is 11.5. The number of carboxylic acids is 1. The average Bonchev–Trinajstić information content (AvgIpc) is 2.64. The molecule has 3 N–H and O–H groups in total. The standard InChI is InChI=1S/C16H23ClN2O2/c1-2-4-11-5-3-7-19(8-6-11)15-13(16(20)21)9-12(18)10-14(15)17/h9-11H,2-8,18H2,1H3,(H,20,21). The van der Waals surface area contributed by atoms with E-state index in [1.807, 2.05) is 0 Å². The second-order valence-corrected chi connectivity index (χ2v) is 6.18. The second kappa shape index (κ2) is 7.03. The van der Waals surface area contributed by atoms with Crippen LogP contribution in [-0.2, 0) is 0 Å². The van der Waals surface area contributed by atoms with Crippen LogP contribution in [0.5, 0.6) is 0 Å². The molecule has 1 aromatic rings. The molecule has 1 heterocycles. The smallest absolute Gasteiger partial charge is 0.337 e. The van der Waals surface area contributed by atoms with E-state index in [4.69, 9.17) is 17.3 Å². The summed E-state index contributed by atoms with van der Waals surface area (Å²) in [5.41, 5.74) is 6.93. The van der Waals surface area contributed by atoms with Crippen LogP contribution in [0.4, 0.5) is 11.4 Å². The second-order valence-electron chi connectivity index (χ2n) is 5.78. The number of benzene rings is 1. The van der Waals surface area contributed by atoms with Crippen LogP contribution in [0.1, 0.15) is 49.4 Å². The van der Waals surface area contributed by atoms with Gasteiger partial charge >= 0.3 is 5.97 Å². The van der Waals surface area contributed by atoms with E-state index in [2.05, 4.69) is 11.8 Å². The third-order valence-electron chi connectivity index (χ3n) is 4.18. The van der Waals surface area contributed by atoms with Crippen molar-refractivity contribution in [3.63, 3.8) is 0 Å². The Morgan fingerprint density at radius 2 is 2.19 bits per heavy atom. The first-order valence-corrected chi connectivity index (χ1v) is 7.98. The van der Waals surface area contributed by atoms with Crippen LogP contribution < -0.4 is 10.6 Å². The Morgan fingerprint density at radius 3 is 2.86 bits per heavy atom. The van der Waals surface area contributed by atoms with Gasteiger partial charge in [0.15, 0.2) is 0 Å². The summed E-state index contributed by atoms with van der Waals surface area (Å²) in [6, 6.07) is 3.13. The van der Waals surface area contributed by atoms with Gasteiger partial charge in [0.2, 0.25) is 0 Å². The van der Waals surface area contributed by atoms with Gasteiger partial charge in [-0.25, -0.2) is 4.79 Å². The molecule has 1 atom stereocenters. The Labute approximate surface area is 130 Å². The van der Waals surface area contributed by atoms with E-state index in [1.54, 1.807) is 6.07 Å². The highest BCUT2D eigenvalue weighted by Crippen LogP contribution is 2.35. The van der Waals surface area contributed by atoms with Crippen molar-refractivity contribution < 1.29 is 9.90 Å². The Kier molecular flexibility index (Phi) is 5.34. The number of nitrogens with zero attached hydrogens (tertiary/aromatic N) is 1. The van der Waals surface area contributed by atoms with Gasteiger partial charge in [-0.15, -0.1) is 0 Å². The highest BCUT2D eigenvalue weighted by Gasteiger charge is 2.23.